The van der Waals surface area contributed by atoms with Gasteiger partial charge in [0.05, 0.1) is 0 Å². The fraction of sp³-hybridized carbons (Fsp3) is 0.222. The predicted octanol–water partition coefficient (Wildman–Crippen LogP) is 4.58. The molecule has 0 aliphatic rings. The Bertz CT molecular complexity index is 757. The molecule has 0 atom stereocenters. The molecule has 0 saturated heterocycles. The smallest absolute Gasteiger partial charge is 0.129 e. The molecule has 0 aliphatic heterocycles. The maximum Gasteiger partial charge on any atom is 0.129 e. The normalized spacial score (nSPS) is 12.7. The van der Waals surface area contributed by atoms with Crippen LogP contribution in [0.3, 0.4) is 0 Å². The van der Waals surface area contributed by atoms with E-state index in [0.717, 1.165) is 23.1 Å². The lowest BCUT2D eigenvalue weighted by Crippen LogP contribution is -2.04. The van der Waals surface area contributed by atoms with Crippen molar-refractivity contribution in [1.82, 2.24) is 10.3 Å². The summed E-state index contributed by atoms with van der Waals surface area (Å²) < 4.78 is 26.0. The Morgan fingerprint density at radius 1 is 1.35 bits per heavy atom. The number of alkyl halides is 1. The molecule has 5 heteroatoms. The molecule has 23 heavy (non-hydrogen) atoms. The third kappa shape index (κ3) is 4.29. The van der Waals surface area contributed by atoms with Gasteiger partial charge in [0.2, 0.25) is 0 Å². The molecule has 0 fully saturated rings. The molecule has 3 nitrogen and oxygen atoms in total. The Balaban J connectivity index is 2.21. The van der Waals surface area contributed by atoms with Crippen LogP contribution in [0.4, 0.5) is 14.5 Å². The molecule has 122 valence electrons. The number of hydrogen-bond donors (Lipinski definition) is 3. The summed E-state index contributed by atoms with van der Waals surface area (Å²) in [4.78, 5) is 3.20. The summed E-state index contributed by atoms with van der Waals surface area (Å²) >= 11 is 0. The van der Waals surface area contributed by atoms with Gasteiger partial charge in [-0.1, -0.05) is 18.7 Å². The summed E-state index contributed by atoms with van der Waals surface area (Å²) in [6, 6.07) is 5.80. The highest BCUT2D eigenvalue weighted by Crippen LogP contribution is 2.23. The number of hydrogen-bond acceptors (Lipinski definition) is 2. The Morgan fingerprint density at radius 3 is 2.78 bits per heavy atom. The Hall–Kier alpha value is -2.40. The SMILES string of the molecule is C=C(F)/C(C)=C\C=C(/CF)Nc1ccc2c(CNC)c[nH]c2c1. The van der Waals surface area contributed by atoms with Gasteiger partial charge >= 0.3 is 0 Å². The predicted molar refractivity (Wildman–Crippen MR) is 92.7 cm³/mol. The average Bonchev–Trinajstić information content (AvgIpc) is 2.93. The van der Waals surface area contributed by atoms with Crippen molar-refractivity contribution in [2.24, 2.45) is 0 Å². The van der Waals surface area contributed by atoms with E-state index in [1.54, 1.807) is 6.92 Å². The van der Waals surface area contributed by atoms with Crippen molar-refractivity contribution >= 4 is 16.6 Å². The maximum atomic E-state index is 13.1. The van der Waals surface area contributed by atoms with Gasteiger partial charge in [-0.25, -0.2) is 8.78 Å². The molecular weight excluding hydrogens is 296 g/mol. The first-order chi connectivity index (χ1) is 11.0. The van der Waals surface area contributed by atoms with Crippen LogP contribution in [0, 0.1) is 0 Å². The highest BCUT2D eigenvalue weighted by atomic mass is 19.1. The van der Waals surface area contributed by atoms with Crippen LogP contribution in [0.25, 0.3) is 10.9 Å². The van der Waals surface area contributed by atoms with Crippen LogP contribution in [0.15, 0.2) is 60.2 Å². The molecule has 0 amide bonds. The van der Waals surface area contributed by atoms with Gasteiger partial charge < -0.3 is 15.6 Å². The second-order valence-electron chi connectivity index (χ2n) is 5.31. The molecule has 1 aromatic heterocycles. The van der Waals surface area contributed by atoms with Crippen molar-refractivity contribution in [1.29, 1.82) is 0 Å². The maximum absolute atomic E-state index is 13.1. The van der Waals surface area contributed by atoms with Crippen molar-refractivity contribution in [3.05, 3.63) is 65.8 Å². The van der Waals surface area contributed by atoms with E-state index in [4.69, 9.17) is 0 Å². The van der Waals surface area contributed by atoms with E-state index in [0.29, 0.717) is 11.3 Å². The first kappa shape index (κ1) is 17.0. The second kappa shape index (κ2) is 7.74. The quantitative estimate of drug-likeness (QED) is 0.654. The Kier molecular flexibility index (Phi) is 5.71. The number of aromatic amines is 1. The zero-order valence-electron chi connectivity index (χ0n) is 13.3. The van der Waals surface area contributed by atoms with E-state index < -0.39 is 12.5 Å². The highest BCUT2D eigenvalue weighted by molar-refractivity contribution is 5.86. The fourth-order valence-corrected chi connectivity index (χ4v) is 2.22. The molecule has 2 aromatic rings. The van der Waals surface area contributed by atoms with Gasteiger partial charge in [-0.3, -0.25) is 0 Å². The van der Waals surface area contributed by atoms with Crippen LogP contribution < -0.4 is 10.6 Å². The lowest BCUT2D eigenvalue weighted by atomic mass is 10.1. The van der Waals surface area contributed by atoms with Crippen LogP contribution in [0.5, 0.6) is 0 Å². The van der Waals surface area contributed by atoms with Gasteiger partial charge in [0.1, 0.15) is 12.5 Å². The van der Waals surface area contributed by atoms with Crippen molar-refractivity contribution in [2.75, 3.05) is 19.0 Å². The van der Waals surface area contributed by atoms with Crippen molar-refractivity contribution in [3.8, 4) is 0 Å². The van der Waals surface area contributed by atoms with E-state index in [9.17, 15) is 8.78 Å². The molecule has 1 heterocycles. The number of rotatable bonds is 7. The van der Waals surface area contributed by atoms with Gasteiger partial charge in [0.25, 0.3) is 0 Å². The topological polar surface area (TPSA) is 39.8 Å². The fourth-order valence-electron chi connectivity index (χ4n) is 2.22. The standard InChI is InChI=1S/C18H21F2N3/c1-12(13(2)20)4-5-16(9-19)23-15-6-7-17-14(10-21-3)11-22-18(17)8-15/h4-8,11,21-23H,2,9-10H2,1,3H3/b12-4-,16-5+. The van der Waals surface area contributed by atoms with Gasteiger partial charge in [0, 0.05) is 35.0 Å². The summed E-state index contributed by atoms with van der Waals surface area (Å²) in [5.74, 6) is -0.524. The second-order valence-corrected chi connectivity index (χ2v) is 5.31. The van der Waals surface area contributed by atoms with E-state index in [-0.39, 0.29) is 0 Å². The zero-order chi connectivity index (χ0) is 16.8. The van der Waals surface area contributed by atoms with Crippen molar-refractivity contribution in [2.45, 2.75) is 13.5 Å². The molecule has 0 saturated carbocycles. The molecular formula is C18H21F2N3. The van der Waals surface area contributed by atoms with Crippen LogP contribution in [0.2, 0.25) is 0 Å². The summed E-state index contributed by atoms with van der Waals surface area (Å²) in [7, 11) is 1.90. The molecule has 2 rings (SSSR count). The largest absolute Gasteiger partial charge is 0.361 e. The monoisotopic (exact) mass is 317 g/mol. The number of nitrogens with one attached hydrogen (secondary N) is 3. The molecule has 0 aliphatic carbocycles. The first-order valence-electron chi connectivity index (χ1n) is 7.35. The third-order valence-corrected chi connectivity index (χ3v) is 3.55. The lowest BCUT2D eigenvalue weighted by Gasteiger charge is -2.08. The van der Waals surface area contributed by atoms with Gasteiger partial charge in [0.15, 0.2) is 0 Å². The van der Waals surface area contributed by atoms with Crippen LogP contribution in [-0.4, -0.2) is 18.7 Å². The van der Waals surface area contributed by atoms with E-state index in [2.05, 4.69) is 22.2 Å². The van der Waals surface area contributed by atoms with Crippen LogP contribution in [0.1, 0.15) is 12.5 Å². The average molecular weight is 317 g/mol. The number of fused-ring (bicyclic) bond motifs is 1. The van der Waals surface area contributed by atoms with E-state index in [1.807, 2.05) is 31.4 Å². The minimum atomic E-state index is -0.670. The van der Waals surface area contributed by atoms with Crippen LogP contribution in [-0.2, 0) is 6.54 Å². The molecule has 0 radical (unpaired) electrons. The number of H-pyrrole nitrogens is 1. The Labute approximate surface area is 134 Å². The molecule has 0 spiro atoms. The number of allylic oxidation sites excluding steroid dienone is 5. The van der Waals surface area contributed by atoms with E-state index >= 15 is 0 Å². The summed E-state index contributed by atoms with van der Waals surface area (Å²) in [5.41, 5.74) is 3.64. The van der Waals surface area contributed by atoms with E-state index in [1.165, 1.54) is 17.7 Å². The number of halogens is 2. The molecule has 3 N–H and O–H groups in total. The zero-order valence-corrected chi connectivity index (χ0v) is 13.3. The molecule has 1 aromatic carbocycles. The number of aromatic nitrogens is 1. The molecule has 0 unspecified atom stereocenters. The minimum absolute atomic E-state index is 0.354. The number of benzene rings is 1. The summed E-state index contributed by atoms with van der Waals surface area (Å²) in [6.07, 6.45) is 4.98. The first-order valence-corrected chi connectivity index (χ1v) is 7.35. The summed E-state index contributed by atoms with van der Waals surface area (Å²) in [6.45, 7) is 4.90. The Morgan fingerprint density at radius 2 is 2.13 bits per heavy atom. The van der Waals surface area contributed by atoms with Gasteiger partial charge in [-0.05, 0) is 43.3 Å². The minimum Gasteiger partial charge on any atom is -0.361 e. The van der Waals surface area contributed by atoms with Gasteiger partial charge in [-0.2, -0.15) is 0 Å². The van der Waals surface area contributed by atoms with Crippen molar-refractivity contribution in [3.63, 3.8) is 0 Å². The summed E-state index contributed by atoms with van der Waals surface area (Å²) in [5, 5.41) is 7.25. The van der Waals surface area contributed by atoms with Crippen LogP contribution >= 0.6 is 0 Å². The highest BCUT2D eigenvalue weighted by Gasteiger charge is 2.05. The van der Waals surface area contributed by atoms with Gasteiger partial charge in [-0.15, -0.1) is 0 Å². The number of anilines is 1. The molecule has 0 bridgehead atoms. The van der Waals surface area contributed by atoms with Crippen molar-refractivity contribution < 1.29 is 8.78 Å². The third-order valence-electron chi connectivity index (χ3n) is 3.55. The lowest BCUT2D eigenvalue weighted by molar-refractivity contribution is 0.545.